The van der Waals surface area contributed by atoms with E-state index in [2.05, 4.69) is 27.9 Å². The third-order valence-electron chi connectivity index (χ3n) is 3.47. The van der Waals surface area contributed by atoms with Crippen LogP contribution in [0, 0.1) is 0 Å². The van der Waals surface area contributed by atoms with Gasteiger partial charge in [0.05, 0.1) is 5.52 Å². The lowest BCUT2D eigenvalue weighted by molar-refractivity contribution is 0.796. The number of aromatic nitrogens is 2. The molecule has 21 heavy (non-hydrogen) atoms. The number of anilines is 2. The van der Waals surface area contributed by atoms with Gasteiger partial charge < -0.3 is 10.6 Å². The van der Waals surface area contributed by atoms with Crippen molar-refractivity contribution in [2.24, 2.45) is 0 Å². The van der Waals surface area contributed by atoms with E-state index < -0.39 is 0 Å². The Morgan fingerprint density at radius 2 is 1.95 bits per heavy atom. The molecule has 1 heterocycles. The summed E-state index contributed by atoms with van der Waals surface area (Å²) in [6.45, 7) is 3.69. The molecule has 0 radical (unpaired) electrons. The molecule has 0 atom stereocenters. The molecule has 2 N–H and O–H groups in total. The molecule has 0 aliphatic heterocycles. The van der Waals surface area contributed by atoms with Crippen molar-refractivity contribution in [1.82, 2.24) is 9.97 Å². The van der Waals surface area contributed by atoms with Gasteiger partial charge in [-0.15, -0.1) is 0 Å². The maximum Gasteiger partial charge on any atom is 0.226 e. The summed E-state index contributed by atoms with van der Waals surface area (Å²) in [7, 11) is 0. The maximum absolute atomic E-state index is 5.84. The molecule has 3 rings (SSSR count). The van der Waals surface area contributed by atoms with Crippen LogP contribution in [0.3, 0.4) is 0 Å². The van der Waals surface area contributed by atoms with Crippen molar-refractivity contribution in [3.63, 3.8) is 0 Å². The molecule has 4 nitrogen and oxygen atoms in total. The molecule has 0 saturated carbocycles. The van der Waals surface area contributed by atoms with Crippen LogP contribution in [0.1, 0.15) is 12.5 Å². The number of rotatable bonds is 4. The second kappa shape index (κ2) is 5.79. The topological polar surface area (TPSA) is 55.0 Å². The molecular formula is C17H18N4. The van der Waals surface area contributed by atoms with Crippen molar-refractivity contribution in [3.8, 4) is 0 Å². The van der Waals surface area contributed by atoms with E-state index in [0.29, 0.717) is 0 Å². The van der Waals surface area contributed by atoms with Gasteiger partial charge in [0.1, 0.15) is 0 Å². The molecule has 0 amide bonds. The summed E-state index contributed by atoms with van der Waals surface area (Å²) in [5.41, 5.74) is 8.75. The van der Waals surface area contributed by atoms with Gasteiger partial charge in [0, 0.05) is 30.4 Å². The van der Waals surface area contributed by atoms with Gasteiger partial charge >= 0.3 is 0 Å². The zero-order valence-corrected chi connectivity index (χ0v) is 12.0. The Morgan fingerprint density at radius 1 is 1.10 bits per heavy atom. The fraction of sp³-hybridized carbons (Fsp3) is 0.176. The van der Waals surface area contributed by atoms with E-state index in [1.807, 2.05) is 48.7 Å². The standard InChI is InChI=1S/C17H18N4/c1-2-21(12-13-6-5-8-15(18)10-13)17-19-11-14-7-3-4-9-16(14)20-17/h3-11H,2,12,18H2,1H3. The van der Waals surface area contributed by atoms with Gasteiger partial charge in [-0.2, -0.15) is 0 Å². The summed E-state index contributed by atoms with van der Waals surface area (Å²) in [5.74, 6) is 0.749. The van der Waals surface area contributed by atoms with E-state index in [9.17, 15) is 0 Å². The molecule has 0 fully saturated rings. The maximum atomic E-state index is 5.84. The van der Waals surface area contributed by atoms with Crippen molar-refractivity contribution in [2.75, 3.05) is 17.2 Å². The van der Waals surface area contributed by atoms with Gasteiger partial charge in [-0.25, -0.2) is 9.97 Å². The van der Waals surface area contributed by atoms with Crippen molar-refractivity contribution in [1.29, 1.82) is 0 Å². The molecule has 0 unspecified atom stereocenters. The molecule has 0 aliphatic rings. The van der Waals surface area contributed by atoms with Gasteiger partial charge in [-0.05, 0) is 30.7 Å². The Kier molecular flexibility index (Phi) is 3.69. The predicted molar refractivity (Wildman–Crippen MR) is 87.1 cm³/mol. The highest BCUT2D eigenvalue weighted by molar-refractivity contribution is 5.78. The summed E-state index contributed by atoms with van der Waals surface area (Å²) < 4.78 is 0. The van der Waals surface area contributed by atoms with E-state index in [-0.39, 0.29) is 0 Å². The number of nitrogens with two attached hydrogens (primary N) is 1. The average molecular weight is 278 g/mol. The second-order valence-electron chi connectivity index (χ2n) is 4.99. The number of hydrogen-bond acceptors (Lipinski definition) is 4. The quantitative estimate of drug-likeness (QED) is 0.744. The molecule has 0 bridgehead atoms. The SMILES string of the molecule is CCN(Cc1cccc(N)c1)c1ncc2ccccc2n1. The lowest BCUT2D eigenvalue weighted by Crippen LogP contribution is -2.24. The number of para-hydroxylation sites is 1. The van der Waals surface area contributed by atoms with Crippen LogP contribution in [0.2, 0.25) is 0 Å². The van der Waals surface area contributed by atoms with Crippen LogP contribution in [-0.2, 0) is 6.54 Å². The van der Waals surface area contributed by atoms with Gasteiger partial charge in [0.2, 0.25) is 5.95 Å². The highest BCUT2D eigenvalue weighted by Crippen LogP contribution is 2.17. The van der Waals surface area contributed by atoms with E-state index in [0.717, 1.165) is 41.2 Å². The summed E-state index contributed by atoms with van der Waals surface area (Å²) in [6, 6.07) is 15.9. The van der Waals surface area contributed by atoms with E-state index in [4.69, 9.17) is 5.73 Å². The molecule has 106 valence electrons. The molecule has 0 spiro atoms. The van der Waals surface area contributed by atoms with Gasteiger partial charge in [0.25, 0.3) is 0 Å². The van der Waals surface area contributed by atoms with E-state index in [1.165, 1.54) is 0 Å². The largest absolute Gasteiger partial charge is 0.399 e. The predicted octanol–water partition coefficient (Wildman–Crippen LogP) is 3.24. The first-order chi connectivity index (χ1) is 10.3. The summed E-state index contributed by atoms with van der Waals surface area (Å²) in [5, 5.41) is 1.06. The van der Waals surface area contributed by atoms with Crippen molar-refractivity contribution in [2.45, 2.75) is 13.5 Å². The van der Waals surface area contributed by atoms with E-state index in [1.54, 1.807) is 0 Å². The lowest BCUT2D eigenvalue weighted by atomic mass is 10.2. The molecule has 0 aliphatic carbocycles. The van der Waals surface area contributed by atoms with Gasteiger partial charge in [0.15, 0.2) is 0 Å². The Hall–Kier alpha value is -2.62. The minimum atomic E-state index is 0.749. The molecule has 1 aromatic heterocycles. The Bertz CT molecular complexity index is 754. The minimum Gasteiger partial charge on any atom is -0.399 e. The first-order valence-corrected chi connectivity index (χ1v) is 7.07. The molecular weight excluding hydrogens is 260 g/mol. The summed E-state index contributed by atoms with van der Waals surface area (Å²) in [6.07, 6.45) is 1.87. The Labute approximate surface area is 124 Å². The number of hydrogen-bond donors (Lipinski definition) is 1. The zero-order chi connectivity index (χ0) is 14.7. The molecule has 0 saturated heterocycles. The van der Waals surface area contributed by atoms with Crippen LogP contribution in [0.25, 0.3) is 10.9 Å². The van der Waals surface area contributed by atoms with Crippen LogP contribution in [0.5, 0.6) is 0 Å². The first kappa shape index (κ1) is 13.4. The monoisotopic (exact) mass is 278 g/mol. The van der Waals surface area contributed by atoms with Crippen LogP contribution in [0.15, 0.2) is 54.7 Å². The number of nitrogen functional groups attached to an aromatic ring is 1. The first-order valence-electron chi connectivity index (χ1n) is 7.07. The van der Waals surface area contributed by atoms with Crippen molar-refractivity contribution >= 4 is 22.5 Å². The number of fused-ring (bicyclic) bond motifs is 1. The fourth-order valence-corrected chi connectivity index (χ4v) is 2.35. The summed E-state index contributed by atoms with van der Waals surface area (Å²) >= 11 is 0. The highest BCUT2D eigenvalue weighted by atomic mass is 15.2. The van der Waals surface area contributed by atoms with Gasteiger partial charge in [-0.3, -0.25) is 0 Å². The van der Waals surface area contributed by atoms with Crippen LogP contribution >= 0.6 is 0 Å². The molecule has 2 aromatic carbocycles. The Morgan fingerprint density at radius 3 is 2.76 bits per heavy atom. The van der Waals surface area contributed by atoms with Crippen molar-refractivity contribution in [3.05, 3.63) is 60.3 Å². The summed E-state index contributed by atoms with van der Waals surface area (Å²) in [4.78, 5) is 11.3. The fourth-order valence-electron chi connectivity index (χ4n) is 2.35. The van der Waals surface area contributed by atoms with Crippen LogP contribution < -0.4 is 10.6 Å². The zero-order valence-electron chi connectivity index (χ0n) is 12.0. The van der Waals surface area contributed by atoms with Crippen molar-refractivity contribution < 1.29 is 0 Å². The lowest BCUT2D eigenvalue weighted by Gasteiger charge is -2.21. The Balaban J connectivity index is 1.90. The highest BCUT2D eigenvalue weighted by Gasteiger charge is 2.09. The van der Waals surface area contributed by atoms with Crippen LogP contribution in [-0.4, -0.2) is 16.5 Å². The second-order valence-corrected chi connectivity index (χ2v) is 4.99. The third-order valence-corrected chi connectivity index (χ3v) is 3.47. The normalized spacial score (nSPS) is 10.7. The number of nitrogens with zero attached hydrogens (tertiary/aromatic N) is 3. The third kappa shape index (κ3) is 2.94. The average Bonchev–Trinajstić information content (AvgIpc) is 2.52. The molecule has 3 aromatic rings. The minimum absolute atomic E-state index is 0.749. The number of benzene rings is 2. The smallest absolute Gasteiger partial charge is 0.226 e. The van der Waals surface area contributed by atoms with Gasteiger partial charge in [-0.1, -0.05) is 30.3 Å². The van der Waals surface area contributed by atoms with E-state index >= 15 is 0 Å². The van der Waals surface area contributed by atoms with Crippen LogP contribution in [0.4, 0.5) is 11.6 Å². The molecule has 4 heteroatoms.